The van der Waals surface area contributed by atoms with Crippen molar-refractivity contribution in [3.8, 4) is 0 Å². The molecule has 1 aromatic rings. The summed E-state index contributed by atoms with van der Waals surface area (Å²) in [6, 6.07) is 0. The van der Waals surface area contributed by atoms with Crippen molar-refractivity contribution in [3.05, 3.63) is 10.6 Å². The third-order valence-corrected chi connectivity index (χ3v) is 2.24. The Morgan fingerprint density at radius 3 is 2.83 bits per heavy atom. The fourth-order valence-corrected chi connectivity index (χ4v) is 1.53. The summed E-state index contributed by atoms with van der Waals surface area (Å²) in [4.78, 5) is 16.0. The number of hydrogen-bond acceptors (Lipinski definition) is 4. The maximum atomic E-state index is 11.2. The summed E-state index contributed by atoms with van der Waals surface area (Å²) in [5, 5.41) is 0. The molecule has 5 heteroatoms. The van der Waals surface area contributed by atoms with E-state index in [1.54, 1.807) is 13.8 Å². The minimum atomic E-state index is -0.343. The van der Waals surface area contributed by atoms with E-state index in [1.807, 2.05) is 0 Å². The van der Waals surface area contributed by atoms with Crippen LogP contribution >= 0.6 is 11.3 Å². The summed E-state index contributed by atoms with van der Waals surface area (Å²) in [5.41, 5.74) is 0.635. The van der Waals surface area contributed by atoms with Gasteiger partial charge in [-0.05, 0) is 13.8 Å². The van der Waals surface area contributed by atoms with Crippen molar-refractivity contribution in [3.63, 3.8) is 0 Å². The SMILES string of the molecule is [B]c1nc(C)c(C(=O)OCC)s1. The Balaban J connectivity index is 2.87. The minimum absolute atomic E-state index is 0.343. The molecule has 2 radical (unpaired) electrons. The van der Waals surface area contributed by atoms with Gasteiger partial charge in [-0.15, -0.1) is 11.3 Å². The lowest BCUT2D eigenvalue weighted by Crippen LogP contribution is -2.03. The number of carbonyl (C=O) groups is 1. The second-order valence-electron chi connectivity index (χ2n) is 2.19. The van der Waals surface area contributed by atoms with E-state index in [4.69, 9.17) is 12.6 Å². The molecule has 1 heterocycles. The number of esters is 1. The van der Waals surface area contributed by atoms with Crippen LogP contribution in [0, 0.1) is 6.92 Å². The molecule has 0 aromatic carbocycles. The lowest BCUT2D eigenvalue weighted by Gasteiger charge is -1.97. The lowest BCUT2D eigenvalue weighted by atomic mass is 10.2. The molecule has 0 bridgehead atoms. The molecule has 1 aromatic heterocycles. The van der Waals surface area contributed by atoms with Gasteiger partial charge >= 0.3 is 5.97 Å². The summed E-state index contributed by atoms with van der Waals surface area (Å²) in [6.07, 6.45) is 0. The summed E-state index contributed by atoms with van der Waals surface area (Å²) in [7, 11) is 5.41. The summed E-state index contributed by atoms with van der Waals surface area (Å²) in [5.74, 6) is -0.343. The van der Waals surface area contributed by atoms with Gasteiger partial charge in [0.15, 0.2) is 7.85 Å². The summed E-state index contributed by atoms with van der Waals surface area (Å²) < 4.78 is 4.80. The molecule has 12 heavy (non-hydrogen) atoms. The minimum Gasteiger partial charge on any atom is -0.462 e. The van der Waals surface area contributed by atoms with Crippen LogP contribution in [-0.4, -0.2) is 25.4 Å². The predicted octanol–water partition coefficient (Wildman–Crippen LogP) is 0.422. The van der Waals surface area contributed by atoms with Crippen molar-refractivity contribution in [1.29, 1.82) is 0 Å². The highest BCUT2D eigenvalue weighted by Crippen LogP contribution is 2.10. The maximum Gasteiger partial charge on any atom is 0.350 e. The molecular formula is C7H8BNO2S. The van der Waals surface area contributed by atoms with Gasteiger partial charge in [-0.1, -0.05) is 0 Å². The van der Waals surface area contributed by atoms with Gasteiger partial charge in [0.25, 0.3) is 0 Å². The van der Waals surface area contributed by atoms with Gasteiger partial charge in [0, 0.05) is 4.91 Å². The zero-order valence-electron chi connectivity index (χ0n) is 6.96. The van der Waals surface area contributed by atoms with E-state index in [0.29, 0.717) is 22.1 Å². The first-order valence-corrected chi connectivity index (χ1v) is 4.36. The standard InChI is InChI=1S/C7H8BNO2S/c1-3-11-6(10)5-4(2)9-7(8)12-5/h3H2,1-2H3. The molecule has 0 N–H and O–H groups in total. The molecule has 0 saturated heterocycles. The zero-order valence-corrected chi connectivity index (χ0v) is 7.77. The van der Waals surface area contributed by atoms with Crippen LogP contribution < -0.4 is 4.91 Å². The number of aryl methyl sites for hydroxylation is 1. The molecule has 1 rings (SSSR count). The second kappa shape index (κ2) is 3.71. The molecule has 0 aliphatic carbocycles. The van der Waals surface area contributed by atoms with E-state index in [0.717, 1.165) is 11.3 Å². The zero-order chi connectivity index (χ0) is 9.14. The van der Waals surface area contributed by atoms with E-state index in [1.165, 1.54) is 0 Å². The van der Waals surface area contributed by atoms with E-state index in [9.17, 15) is 4.79 Å². The number of nitrogens with zero attached hydrogens (tertiary/aromatic N) is 1. The van der Waals surface area contributed by atoms with E-state index < -0.39 is 0 Å². The van der Waals surface area contributed by atoms with E-state index in [2.05, 4.69) is 4.98 Å². The number of rotatable bonds is 2. The Hall–Kier alpha value is -0.835. The normalized spacial score (nSPS) is 9.83. The molecule has 62 valence electrons. The van der Waals surface area contributed by atoms with E-state index >= 15 is 0 Å². The van der Waals surface area contributed by atoms with Crippen molar-refractivity contribution < 1.29 is 9.53 Å². The fourth-order valence-electron chi connectivity index (χ4n) is 0.803. The number of hydrogen-bond donors (Lipinski definition) is 0. The Morgan fingerprint density at radius 1 is 1.75 bits per heavy atom. The van der Waals surface area contributed by atoms with Crippen LogP contribution in [0.2, 0.25) is 0 Å². The molecule has 0 aliphatic rings. The first kappa shape index (κ1) is 9.25. The van der Waals surface area contributed by atoms with Crippen molar-refractivity contribution in [2.75, 3.05) is 6.61 Å². The summed E-state index contributed by atoms with van der Waals surface area (Å²) in [6.45, 7) is 3.87. The average Bonchev–Trinajstić information content (AvgIpc) is 2.30. The van der Waals surface area contributed by atoms with Gasteiger partial charge in [-0.25, -0.2) is 4.79 Å². The van der Waals surface area contributed by atoms with Crippen LogP contribution in [0.1, 0.15) is 22.3 Å². The smallest absolute Gasteiger partial charge is 0.350 e. The molecule has 0 atom stereocenters. The maximum absolute atomic E-state index is 11.2. The topological polar surface area (TPSA) is 39.2 Å². The van der Waals surface area contributed by atoms with Crippen LogP contribution in [0.4, 0.5) is 0 Å². The van der Waals surface area contributed by atoms with Gasteiger partial charge in [-0.2, -0.15) is 0 Å². The van der Waals surface area contributed by atoms with Crippen LogP contribution in [0.5, 0.6) is 0 Å². The monoisotopic (exact) mass is 181 g/mol. The Labute approximate surface area is 76.2 Å². The molecular weight excluding hydrogens is 173 g/mol. The van der Waals surface area contributed by atoms with Crippen LogP contribution in [-0.2, 0) is 4.74 Å². The lowest BCUT2D eigenvalue weighted by molar-refractivity contribution is 0.0531. The van der Waals surface area contributed by atoms with Crippen molar-refractivity contribution in [2.24, 2.45) is 0 Å². The number of ether oxygens (including phenoxy) is 1. The van der Waals surface area contributed by atoms with Crippen LogP contribution in [0.25, 0.3) is 0 Å². The number of aromatic nitrogens is 1. The molecule has 3 nitrogen and oxygen atoms in total. The Kier molecular flexibility index (Phi) is 2.86. The largest absolute Gasteiger partial charge is 0.462 e. The van der Waals surface area contributed by atoms with Crippen molar-refractivity contribution in [1.82, 2.24) is 4.98 Å². The Morgan fingerprint density at radius 2 is 2.42 bits per heavy atom. The highest BCUT2D eigenvalue weighted by Gasteiger charge is 2.13. The molecule has 0 fully saturated rings. The van der Waals surface area contributed by atoms with Crippen molar-refractivity contribution >= 4 is 30.1 Å². The van der Waals surface area contributed by atoms with Gasteiger partial charge in [-0.3, -0.25) is 4.98 Å². The molecule has 0 saturated carbocycles. The van der Waals surface area contributed by atoms with Crippen LogP contribution in [0.15, 0.2) is 0 Å². The third-order valence-electron chi connectivity index (χ3n) is 1.27. The van der Waals surface area contributed by atoms with Crippen molar-refractivity contribution in [2.45, 2.75) is 13.8 Å². The molecule has 0 spiro atoms. The van der Waals surface area contributed by atoms with Gasteiger partial charge in [0.05, 0.1) is 12.3 Å². The average molecular weight is 181 g/mol. The fraction of sp³-hybridized carbons (Fsp3) is 0.429. The highest BCUT2D eigenvalue weighted by atomic mass is 32.1. The number of carbonyl (C=O) groups excluding carboxylic acids is 1. The second-order valence-corrected chi connectivity index (χ2v) is 3.22. The first-order chi connectivity index (χ1) is 5.65. The molecule has 0 amide bonds. The first-order valence-electron chi connectivity index (χ1n) is 3.55. The van der Waals surface area contributed by atoms with Gasteiger partial charge in [0.2, 0.25) is 0 Å². The summed E-state index contributed by atoms with van der Waals surface area (Å²) >= 11 is 1.15. The highest BCUT2D eigenvalue weighted by molar-refractivity contribution is 7.21. The predicted molar refractivity (Wildman–Crippen MR) is 48.2 cm³/mol. The third kappa shape index (κ3) is 1.85. The molecule has 0 unspecified atom stereocenters. The quantitative estimate of drug-likeness (QED) is 0.490. The number of thiazole rings is 1. The molecule has 0 aliphatic heterocycles. The van der Waals surface area contributed by atoms with Crippen LogP contribution in [0.3, 0.4) is 0 Å². The van der Waals surface area contributed by atoms with Gasteiger partial charge in [0.1, 0.15) is 4.88 Å². The van der Waals surface area contributed by atoms with E-state index in [-0.39, 0.29) is 5.97 Å². The Bertz CT molecular complexity index is 298. The van der Waals surface area contributed by atoms with Gasteiger partial charge < -0.3 is 4.74 Å².